The van der Waals surface area contributed by atoms with Crippen LogP contribution < -0.4 is 5.32 Å². The van der Waals surface area contributed by atoms with Gasteiger partial charge in [0.1, 0.15) is 0 Å². The summed E-state index contributed by atoms with van der Waals surface area (Å²) in [6.45, 7) is 1.04. The van der Waals surface area contributed by atoms with Crippen molar-refractivity contribution in [2.24, 2.45) is 11.8 Å². The second-order valence-corrected chi connectivity index (χ2v) is 6.38. The minimum absolute atomic E-state index is 0.110. The number of piperidine rings is 1. The first-order valence-electron chi connectivity index (χ1n) is 7.86. The molecule has 2 nitrogen and oxygen atoms in total. The van der Waals surface area contributed by atoms with Gasteiger partial charge in [-0.25, -0.2) is 0 Å². The molecule has 0 bridgehead atoms. The van der Waals surface area contributed by atoms with Crippen molar-refractivity contribution < 1.29 is 5.11 Å². The van der Waals surface area contributed by atoms with Crippen molar-refractivity contribution in [1.29, 1.82) is 0 Å². The van der Waals surface area contributed by atoms with Gasteiger partial charge in [0.15, 0.2) is 0 Å². The summed E-state index contributed by atoms with van der Waals surface area (Å²) >= 11 is 0. The number of benzene rings is 2. The van der Waals surface area contributed by atoms with Gasteiger partial charge in [-0.1, -0.05) is 60.7 Å². The van der Waals surface area contributed by atoms with Crippen LogP contribution in [0.25, 0.3) is 0 Å². The van der Waals surface area contributed by atoms with Crippen molar-refractivity contribution in [3.63, 3.8) is 0 Å². The second-order valence-electron chi connectivity index (χ2n) is 6.38. The molecule has 108 valence electrons. The van der Waals surface area contributed by atoms with Crippen molar-refractivity contribution in [2.45, 2.75) is 24.5 Å². The Bertz CT molecular complexity index is 558. The quantitative estimate of drug-likeness (QED) is 0.905. The molecular formula is C19H21NO. The highest BCUT2D eigenvalue weighted by molar-refractivity contribution is 5.35. The third-order valence-electron chi connectivity index (χ3n) is 5.08. The Balaban J connectivity index is 1.73. The Hall–Kier alpha value is -1.64. The van der Waals surface area contributed by atoms with Crippen LogP contribution in [0.5, 0.6) is 0 Å². The number of rotatable bonds is 3. The molecule has 1 aliphatic heterocycles. The van der Waals surface area contributed by atoms with E-state index in [2.05, 4.69) is 53.8 Å². The molecule has 4 rings (SSSR count). The average molecular weight is 279 g/mol. The molecule has 0 aromatic heterocycles. The first kappa shape index (κ1) is 13.1. The number of nitrogens with one attached hydrogen (secondary N) is 1. The van der Waals surface area contributed by atoms with Crippen molar-refractivity contribution in [3.8, 4) is 0 Å². The van der Waals surface area contributed by atoms with Crippen LogP contribution in [-0.4, -0.2) is 23.8 Å². The predicted octanol–water partition coefficient (Wildman–Crippen LogP) is 2.79. The van der Waals surface area contributed by atoms with Crippen molar-refractivity contribution in [3.05, 3.63) is 71.8 Å². The summed E-state index contributed by atoms with van der Waals surface area (Å²) in [7, 11) is 0. The summed E-state index contributed by atoms with van der Waals surface area (Å²) in [6, 6.07) is 21.2. The number of hydrogen-bond donors (Lipinski definition) is 2. The third-order valence-corrected chi connectivity index (χ3v) is 5.08. The minimum atomic E-state index is -0.242. The van der Waals surface area contributed by atoms with Gasteiger partial charge >= 0.3 is 0 Å². The Labute approximate surface area is 125 Å². The zero-order valence-corrected chi connectivity index (χ0v) is 12.0. The minimum Gasteiger partial charge on any atom is -0.391 e. The molecule has 1 aliphatic carbocycles. The maximum atomic E-state index is 10.7. The van der Waals surface area contributed by atoms with Crippen molar-refractivity contribution in [2.75, 3.05) is 6.54 Å². The highest BCUT2D eigenvalue weighted by Crippen LogP contribution is 2.47. The van der Waals surface area contributed by atoms with E-state index in [9.17, 15) is 5.11 Å². The van der Waals surface area contributed by atoms with E-state index in [-0.39, 0.29) is 18.1 Å². The van der Waals surface area contributed by atoms with Gasteiger partial charge in [0, 0.05) is 12.0 Å². The predicted molar refractivity (Wildman–Crippen MR) is 84.1 cm³/mol. The molecule has 2 aliphatic rings. The molecule has 0 amide bonds. The van der Waals surface area contributed by atoms with Gasteiger partial charge in [-0.2, -0.15) is 0 Å². The third kappa shape index (κ3) is 2.39. The van der Waals surface area contributed by atoms with E-state index >= 15 is 0 Å². The molecule has 1 heterocycles. The van der Waals surface area contributed by atoms with Gasteiger partial charge in [0.25, 0.3) is 0 Å². The van der Waals surface area contributed by atoms with E-state index in [4.69, 9.17) is 0 Å². The lowest BCUT2D eigenvalue weighted by atomic mass is 9.80. The lowest BCUT2D eigenvalue weighted by Gasteiger charge is -2.36. The SMILES string of the molecule is OC1C2CC2CNC1C(c1ccccc1)c1ccccc1. The summed E-state index contributed by atoms with van der Waals surface area (Å²) in [5.41, 5.74) is 2.55. The highest BCUT2D eigenvalue weighted by atomic mass is 16.3. The van der Waals surface area contributed by atoms with Crippen LogP contribution in [0.4, 0.5) is 0 Å². The number of fused-ring (bicyclic) bond motifs is 1. The number of aliphatic hydroxyl groups excluding tert-OH is 1. The maximum absolute atomic E-state index is 10.7. The Morgan fingerprint density at radius 3 is 2.05 bits per heavy atom. The molecule has 2 aromatic carbocycles. The molecule has 2 aromatic rings. The topological polar surface area (TPSA) is 32.3 Å². The zero-order valence-electron chi connectivity index (χ0n) is 12.0. The van der Waals surface area contributed by atoms with Crippen LogP contribution in [0.1, 0.15) is 23.5 Å². The number of hydrogen-bond acceptors (Lipinski definition) is 2. The van der Waals surface area contributed by atoms with Gasteiger partial charge in [-0.05, 0) is 35.9 Å². The fourth-order valence-corrected chi connectivity index (χ4v) is 3.84. The van der Waals surface area contributed by atoms with E-state index in [0.29, 0.717) is 11.8 Å². The molecule has 4 atom stereocenters. The normalized spacial score (nSPS) is 31.0. The second kappa shape index (κ2) is 5.28. The molecule has 2 fully saturated rings. The number of aliphatic hydroxyl groups is 1. The van der Waals surface area contributed by atoms with E-state index in [0.717, 1.165) is 6.54 Å². The fraction of sp³-hybridized carbons (Fsp3) is 0.368. The maximum Gasteiger partial charge on any atom is 0.0733 e. The average Bonchev–Trinajstić information content (AvgIpc) is 3.33. The van der Waals surface area contributed by atoms with Crippen LogP contribution in [0.15, 0.2) is 60.7 Å². The molecule has 1 saturated heterocycles. The standard InChI is InChI=1S/C19H21NO/c21-19-16-11-15(16)12-20-18(19)17(13-7-3-1-4-8-13)14-9-5-2-6-10-14/h1-10,15-21H,11-12H2. The lowest BCUT2D eigenvalue weighted by molar-refractivity contribution is 0.0762. The Kier molecular flexibility index (Phi) is 3.28. The lowest BCUT2D eigenvalue weighted by Crippen LogP contribution is -2.50. The monoisotopic (exact) mass is 279 g/mol. The summed E-state index contributed by atoms with van der Waals surface area (Å²) < 4.78 is 0. The molecule has 4 unspecified atom stereocenters. The Morgan fingerprint density at radius 2 is 1.48 bits per heavy atom. The van der Waals surface area contributed by atoms with Crippen LogP contribution in [-0.2, 0) is 0 Å². The van der Waals surface area contributed by atoms with Crippen LogP contribution in [0.3, 0.4) is 0 Å². The Morgan fingerprint density at radius 1 is 0.905 bits per heavy atom. The highest BCUT2D eigenvalue weighted by Gasteiger charge is 2.50. The van der Waals surface area contributed by atoms with Crippen LogP contribution >= 0.6 is 0 Å². The van der Waals surface area contributed by atoms with Gasteiger partial charge < -0.3 is 10.4 Å². The van der Waals surface area contributed by atoms with E-state index in [1.54, 1.807) is 0 Å². The molecule has 0 radical (unpaired) electrons. The van der Waals surface area contributed by atoms with E-state index in [1.807, 2.05) is 12.1 Å². The first-order chi connectivity index (χ1) is 10.3. The fourth-order valence-electron chi connectivity index (χ4n) is 3.84. The van der Waals surface area contributed by atoms with Gasteiger partial charge in [-0.15, -0.1) is 0 Å². The summed E-state index contributed by atoms with van der Waals surface area (Å²) in [4.78, 5) is 0. The largest absolute Gasteiger partial charge is 0.391 e. The zero-order chi connectivity index (χ0) is 14.2. The molecule has 2 heteroatoms. The molecule has 1 saturated carbocycles. The smallest absolute Gasteiger partial charge is 0.0733 e. The van der Waals surface area contributed by atoms with Crippen molar-refractivity contribution in [1.82, 2.24) is 5.32 Å². The van der Waals surface area contributed by atoms with E-state index in [1.165, 1.54) is 17.5 Å². The van der Waals surface area contributed by atoms with Gasteiger partial charge in [0.2, 0.25) is 0 Å². The van der Waals surface area contributed by atoms with E-state index < -0.39 is 0 Å². The summed E-state index contributed by atoms with van der Waals surface area (Å²) in [6.07, 6.45) is 0.940. The summed E-state index contributed by atoms with van der Waals surface area (Å²) in [5.74, 6) is 1.42. The summed E-state index contributed by atoms with van der Waals surface area (Å²) in [5, 5.41) is 14.3. The van der Waals surface area contributed by atoms with Crippen LogP contribution in [0.2, 0.25) is 0 Å². The molecule has 21 heavy (non-hydrogen) atoms. The van der Waals surface area contributed by atoms with Crippen LogP contribution in [0, 0.1) is 11.8 Å². The van der Waals surface area contributed by atoms with Gasteiger partial charge in [0.05, 0.1) is 6.10 Å². The van der Waals surface area contributed by atoms with Crippen molar-refractivity contribution >= 4 is 0 Å². The molecule has 2 N–H and O–H groups in total. The molecule has 0 spiro atoms. The molecular weight excluding hydrogens is 258 g/mol. The first-order valence-corrected chi connectivity index (χ1v) is 7.86. The van der Waals surface area contributed by atoms with Gasteiger partial charge in [-0.3, -0.25) is 0 Å².